The van der Waals surface area contributed by atoms with Gasteiger partial charge in [0.2, 0.25) is 47.3 Å². The van der Waals surface area contributed by atoms with Crippen molar-refractivity contribution in [1.82, 2.24) is 46.8 Å². The normalized spacial score (nSPS) is 15.5. The number of aliphatic imine (C=N–C) groups is 1. The van der Waals surface area contributed by atoms with Crippen LogP contribution in [0.4, 0.5) is 0 Å². The second-order valence-electron chi connectivity index (χ2n) is 19.3. The summed E-state index contributed by atoms with van der Waals surface area (Å²) in [7, 11) is 0. The largest absolute Gasteiger partial charge is 0.508 e. The van der Waals surface area contributed by atoms with Gasteiger partial charge in [-0.2, -0.15) is 0 Å². The van der Waals surface area contributed by atoms with Crippen LogP contribution < -0.4 is 54.8 Å². The number of likely N-dealkylation sites (tertiary alicyclic amines) is 1. The van der Waals surface area contributed by atoms with E-state index in [0.29, 0.717) is 23.2 Å². The number of hydrogen-bond acceptors (Lipinski definition) is 14. The van der Waals surface area contributed by atoms with Gasteiger partial charge in [-0.05, 0) is 60.8 Å². The number of H-pyrrole nitrogens is 1. The number of nitrogens with two attached hydrogens (primary N) is 4. The number of primary amides is 1. The van der Waals surface area contributed by atoms with Gasteiger partial charge in [-0.15, -0.1) is 0 Å². The Balaban J connectivity index is 0.00000386. The number of rotatable bonds is 28. The van der Waals surface area contributed by atoms with Gasteiger partial charge >= 0.3 is 5.97 Å². The van der Waals surface area contributed by atoms with Crippen molar-refractivity contribution in [2.24, 2.45) is 39.8 Å². The van der Waals surface area contributed by atoms with E-state index >= 15 is 0 Å². The van der Waals surface area contributed by atoms with Crippen LogP contribution in [0.25, 0.3) is 0 Å². The minimum Gasteiger partial charge on any atom is -0.508 e. The van der Waals surface area contributed by atoms with Crippen LogP contribution in [-0.2, 0) is 67.2 Å². The molecular formula is C51H74N14O13. The maximum atomic E-state index is 14.5. The number of phenols is 1. The molecule has 1 aliphatic heterocycles. The highest BCUT2D eigenvalue weighted by molar-refractivity contribution is 5.98. The lowest BCUT2D eigenvalue weighted by molar-refractivity contribution is -0.145. The van der Waals surface area contributed by atoms with E-state index in [9.17, 15) is 53.4 Å². The van der Waals surface area contributed by atoms with E-state index in [1.165, 1.54) is 41.7 Å². The van der Waals surface area contributed by atoms with Crippen LogP contribution in [0.1, 0.15) is 83.5 Å². The molecule has 2 aromatic carbocycles. The smallest absolute Gasteiger partial charge is 0.326 e. The first-order valence-electron chi connectivity index (χ1n) is 25.2. The number of phenolic OH excluding ortho intramolecular Hbond substituents is 1. The Morgan fingerprint density at radius 2 is 1.24 bits per heavy atom. The van der Waals surface area contributed by atoms with Crippen molar-refractivity contribution < 1.29 is 63.3 Å². The molecule has 1 aromatic heterocycles. The summed E-state index contributed by atoms with van der Waals surface area (Å²) in [6.45, 7) is 7.85. The maximum Gasteiger partial charge on any atom is 0.326 e. The summed E-state index contributed by atoms with van der Waals surface area (Å²) in [6, 6.07) is 4.17. The van der Waals surface area contributed by atoms with Crippen LogP contribution in [0.5, 0.6) is 5.75 Å². The molecule has 0 aliphatic carbocycles. The number of nitrogens with one attached hydrogen (secondary N) is 7. The molecule has 8 atom stereocenters. The van der Waals surface area contributed by atoms with Gasteiger partial charge in [0, 0.05) is 51.2 Å². The molecule has 0 bridgehead atoms. The topological polar surface area (TPSA) is 452 Å². The van der Waals surface area contributed by atoms with Crippen LogP contribution >= 0.6 is 0 Å². The van der Waals surface area contributed by atoms with Crippen LogP contribution in [0, 0.1) is 11.8 Å². The lowest BCUT2D eigenvalue weighted by atomic mass is 9.98. The van der Waals surface area contributed by atoms with E-state index in [0.717, 1.165) is 6.92 Å². The third-order valence-corrected chi connectivity index (χ3v) is 12.2. The van der Waals surface area contributed by atoms with Crippen LogP contribution in [0.3, 0.4) is 0 Å². The molecule has 426 valence electrons. The van der Waals surface area contributed by atoms with Gasteiger partial charge in [0.15, 0.2) is 5.96 Å². The summed E-state index contributed by atoms with van der Waals surface area (Å²) in [5.74, 6) is -9.87. The summed E-state index contributed by atoms with van der Waals surface area (Å²) in [6.07, 6.45) is 2.86. The molecule has 27 nitrogen and oxygen atoms in total. The highest BCUT2D eigenvalue weighted by Crippen LogP contribution is 2.21. The van der Waals surface area contributed by atoms with Gasteiger partial charge in [-0.3, -0.25) is 48.1 Å². The summed E-state index contributed by atoms with van der Waals surface area (Å²) in [5.41, 5.74) is 23.5. The standard InChI is InChI=1S/C49H70N14O11.C2H4O2/c1-26(2)39(61-42(67)33(12-8-18-55-49(52)53)57-41(66)32(50)23-38(51)65)45(70)58-34(20-29-14-16-31(64)17-15-29)43(68)62-40(27(3)4)46(71)59-35(22-30-24-54-25-56-30)47(72)63-19-9-13-37(63)44(69)60-36(48(73)74)21-28-10-6-5-7-11-28;1-2(3)4/h5-7,10-11,14-17,24-27,32-37,39-40,64H,8-9,12-13,18-23,50H2,1-4H3,(H2,51,65)(H,54,56)(H,57,66)(H,58,70)(H,59,71)(H,60,69)(H,61,67)(H,62,68)(H,73,74)(H4,52,53,55);1H3,(H,3,4). The summed E-state index contributed by atoms with van der Waals surface area (Å²) in [5, 5.41) is 43.3. The molecule has 3 aromatic rings. The van der Waals surface area contributed by atoms with Crippen molar-refractivity contribution in [3.05, 3.63) is 83.9 Å². The average Bonchev–Trinajstić information content (AvgIpc) is 4.09. The predicted molar refractivity (Wildman–Crippen MR) is 283 cm³/mol. The quantitative estimate of drug-likeness (QED) is 0.0208. The summed E-state index contributed by atoms with van der Waals surface area (Å²) < 4.78 is 0. The molecule has 1 aliphatic rings. The Kier molecular flexibility index (Phi) is 25.7. The van der Waals surface area contributed by atoms with E-state index < -0.39 is 126 Å². The van der Waals surface area contributed by atoms with Crippen molar-refractivity contribution in [2.75, 3.05) is 13.1 Å². The molecule has 0 saturated carbocycles. The van der Waals surface area contributed by atoms with Crippen molar-refractivity contribution in [3.8, 4) is 5.75 Å². The first-order chi connectivity index (χ1) is 36.8. The lowest BCUT2D eigenvalue weighted by Gasteiger charge is -2.31. The number of nitrogens with zero attached hydrogens (tertiary/aromatic N) is 3. The predicted octanol–water partition coefficient (Wildman–Crippen LogP) is -2.21. The molecule has 0 radical (unpaired) electrons. The van der Waals surface area contributed by atoms with E-state index in [-0.39, 0.29) is 63.3 Å². The van der Waals surface area contributed by atoms with Crippen molar-refractivity contribution in [1.29, 1.82) is 0 Å². The third kappa shape index (κ3) is 21.5. The summed E-state index contributed by atoms with van der Waals surface area (Å²) >= 11 is 0. The van der Waals surface area contributed by atoms with Gasteiger partial charge in [0.05, 0.1) is 18.8 Å². The Bertz CT molecular complexity index is 2540. The zero-order valence-corrected chi connectivity index (χ0v) is 44.3. The molecule has 8 unspecified atom stereocenters. The first-order valence-corrected chi connectivity index (χ1v) is 25.2. The number of imidazole rings is 1. The van der Waals surface area contributed by atoms with Gasteiger partial charge in [-0.1, -0.05) is 70.2 Å². The van der Waals surface area contributed by atoms with Gasteiger partial charge in [-0.25, -0.2) is 9.78 Å². The molecule has 78 heavy (non-hydrogen) atoms. The number of carbonyl (C=O) groups is 10. The zero-order valence-electron chi connectivity index (χ0n) is 44.3. The molecule has 4 rings (SSSR count). The number of carbonyl (C=O) groups excluding carboxylic acids is 8. The number of aliphatic carboxylic acids is 2. The van der Waals surface area contributed by atoms with E-state index in [2.05, 4.69) is 46.9 Å². The molecular weight excluding hydrogens is 1020 g/mol. The monoisotopic (exact) mass is 1090 g/mol. The molecule has 1 fully saturated rings. The SMILES string of the molecule is CC(=O)O.CC(C)C(NC(=O)C(CCCN=C(N)N)NC(=O)C(N)CC(N)=O)C(=O)NC(Cc1ccc(O)cc1)C(=O)NC(C(=O)NC(Cc1cnc[nH]1)C(=O)N1CCCC1C(=O)NC(Cc1ccccc1)C(=O)O)C(C)C. The third-order valence-electron chi connectivity index (χ3n) is 12.2. The number of guanidine groups is 1. The number of carboxylic acids is 2. The molecule has 27 heteroatoms. The van der Waals surface area contributed by atoms with Crippen LogP contribution in [-0.4, -0.2) is 157 Å². The highest BCUT2D eigenvalue weighted by Gasteiger charge is 2.41. The molecule has 0 spiro atoms. The number of aromatic nitrogens is 2. The first kappa shape index (κ1) is 63.7. The molecule has 2 heterocycles. The Morgan fingerprint density at radius 3 is 1.77 bits per heavy atom. The number of aromatic amines is 1. The number of hydrogen-bond donors (Lipinski definition) is 14. The number of benzene rings is 2. The number of carboxylic acid groups (broad SMARTS) is 2. The van der Waals surface area contributed by atoms with Crippen molar-refractivity contribution in [3.63, 3.8) is 0 Å². The van der Waals surface area contributed by atoms with Crippen molar-refractivity contribution in [2.45, 2.75) is 134 Å². The van der Waals surface area contributed by atoms with Crippen LogP contribution in [0.15, 0.2) is 72.1 Å². The fourth-order valence-corrected chi connectivity index (χ4v) is 8.18. The van der Waals surface area contributed by atoms with E-state index in [4.69, 9.17) is 32.8 Å². The number of aromatic hydroxyl groups is 1. The van der Waals surface area contributed by atoms with E-state index in [1.54, 1.807) is 58.0 Å². The Morgan fingerprint density at radius 1 is 0.705 bits per heavy atom. The maximum absolute atomic E-state index is 14.5. The average molecular weight is 1090 g/mol. The fraction of sp³-hybridized carbons (Fsp3) is 0.490. The second kappa shape index (κ2) is 31.4. The zero-order chi connectivity index (χ0) is 58.2. The minimum absolute atomic E-state index is 0.000444. The molecule has 1 saturated heterocycles. The molecule has 18 N–H and O–H groups in total. The minimum atomic E-state index is -1.41. The highest BCUT2D eigenvalue weighted by atomic mass is 16.4. The Hall–Kier alpha value is -8.62. The van der Waals surface area contributed by atoms with Gasteiger partial charge in [0.1, 0.15) is 48.0 Å². The van der Waals surface area contributed by atoms with Crippen molar-refractivity contribution >= 4 is 65.2 Å². The second-order valence-corrected chi connectivity index (χ2v) is 19.3. The lowest BCUT2D eigenvalue weighted by Crippen LogP contribution is -2.62. The Labute approximate surface area is 450 Å². The van der Waals surface area contributed by atoms with Gasteiger partial charge < -0.3 is 80.0 Å². The van der Waals surface area contributed by atoms with E-state index in [1.807, 2.05) is 0 Å². The number of amides is 8. The molecule has 8 amide bonds. The van der Waals surface area contributed by atoms with Gasteiger partial charge in [0.25, 0.3) is 5.97 Å². The van der Waals surface area contributed by atoms with Crippen LogP contribution in [0.2, 0.25) is 0 Å². The summed E-state index contributed by atoms with van der Waals surface area (Å²) in [4.78, 5) is 143. The fourth-order valence-electron chi connectivity index (χ4n) is 8.18.